The second-order valence-corrected chi connectivity index (χ2v) is 4.42. The quantitative estimate of drug-likeness (QED) is 0.858. The molecule has 0 unspecified atom stereocenters. The molecule has 0 aliphatic rings. The molecule has 18 heavy (non-hydrogen) atoms. The van der Waals surface area contributed by atoms with Gasteiger partial charge in [-0.3, -0.25) is 0 Å². The maximum absolute atomic E-state index is 13.9. The third kappa shape index (κ3) is 2.77. The van der Waals surface area contributed by atoms with Crippen LogP contribution in [0.15, 0.2) is 42.5 Å². The summed E-state index contributed by atoms with van der Waals surface area (Å²) in [6.45, 7) is 5.77. The molecule has 0 radical (unpaired) electrons. The minimum atomic E-state index is -0.166. The lowest BCUT2D eigenvalue weighted by atomic mass is 9.97. The summed E-state index contributed by atoms with van der Waals surface area (Å²) in [5.41, 5.74) is 3.93. The van der Waals surface area contributed by atoms with E-state index in [0.29, 0.717) is 5.56 Å². The molecule has 2 rings (SSSR count). The van der Waals surface area contributed by atoms with Gasteiger partial charge >= 0.3 is 0 Å². The highest BCUT2D eigenvalue weighted by molar-refractivity contribution is 5.68. The van der Waals surface area contributed by atoms with Crippen LogP contribution in [0.4, 0.5) is 4.39 Å². The largest absolute Gasteiger partial charge is 0.313 e. The molecule has 0 spiro atoms. The van der Waals surface area contributed by atoms with E-state index in [1.54, 1.807) is 6.07 Å². The van der Waals surface area contributed by atoms with Gasteiger partial charge in [0, 0.05) is 12.1 Å². The molecule has 0 amide bonds. The van der Waals surface area contributed by atoms with Crippen molar-refractivity contribution in [2.24, 2.45) is 0 Å². The van der Waals surface area contributed by atoms with Gasteiger partial charge < -0.3 is 5.32 Å². The van der Waals surface area contributed by atoms with Crippen LogP contribution in [0.25, 0.3) is 11.1 Å². The van der Waals surface area contributed by atoms with Gasteiger partial charge in [-0.25, -0.2) is 4.39 Å². The molecule has 0 saturated heterocycles. The van der Waals surface area contributed by atoms with E-state index in [1.807, 2.05) is 25.1 Å². The fourth-order valence-electron chi connectivity index (χ4n) is 2.03. The van der Waals surface area contributed by atoms with Crippen molar-refractivity contribution in [2.45, 2.75) is 20.4 Å². The number of nitrogens with one attached hydrogen (secondary N) is 1. The minimum Gasteiger partial charge on any atom is -0.313 e. The Labute approximate surface area is 108 Å². The van der Waals surface area contributed by atoms with Crippen molar-refractivity contribution in [3.63, 3.8) is 0 Å². The number of halogens is 1. The van der Waals surface area contributed by atoms with Gasteiger partial charge in [0.05, 0.1) is 0 Å². The molecule has 0 atom stereocenters. The molecule has 0 aliphatic heterocycles. The summed E-state index contributed by atoms with van der Waals surface area (Å²) in [5.74, 6) is -0.166. The van der Waals surface area contributed by atoms with Crippen molar-refractivity contribution in [1.29, 1.82) is 0 Å². The zero-order valence-corrected chi connectivity index (χ0v) is 10.8. The fourth-order valence-corrected chi connectivity index (χ4v) is 2.03. The first-order valence-corrected chi connectivity index (χ1v) is 6.27. The lowest BCUT2D eigenvalue weighted by molar-refractivity contribution is 0.630. The second kappa shape index (κ2) is 5.78. The standard InChI is InChI=1S/C16H18FN/c1-3-18-11-13-9-8-12(2)10-15(13)14-6-4-5-7-16(14)17/h4-10,18H,3,11H2,1-2H3. The molecular formula is C16H18FN. The molecular weight excluding hydrogens is 225 g/mol. The van der Waals surface area contributed by atoms with Crippen LogP contribution in [0.2, 0.25) is 0 Å². The topological polar surface area (TPSA) is 12.0 Å². The van der Waals surface area contributed by atoms with Gasteiger partial charge in [-0.15, -0.1) is 0 Å². The summed E-state index contributed by atoms with van der Waals surface area (Å²) in [4.78, 5) is 0. The van der Waals surface area contributed by atoms with Crippen LogP contribution >= 0.6 is 0 Å². The molecule has 94 valence electrons. The fraction of sp³-hybridized carbons (Fsp3) is 0.250. The van der Waals surface area contributed by atoms with Crippen LogP contribution in [0.5, 0.6) is 0 Å². The van der Waals surface area contributed by atoms with Gasteiger partial charge in [-0.05, 0) is 30.7 Å². The molecule has 0 fully saturated rings. The van der Waals surface area contributed by atoms with Gasteiger partial charge in [0.15, 0.2) is 0 Å². The van der Waals surface area contributed by atoms with Gasteiger partial charge in [0.2, 0.25) is 0 Å². The third-order valence-corrected chi connectivity index (χ3v) is 2.99. The molecule has 0 aliphatic carbocycles. The predicted octanol–water partition coefficient (Wildman–Crippen LogP) is 3.91. The Balaban J connectivity index is 2.48. The summed E-state index contributed by atoms with van der Waals surface area (Å²) >= 11 is 0. The molecule has 0 heterocycles. The van der Waals surface area contributed by atoms with Crippen LogP contribution in [0, 0.1) is 12.7 Å². The van der Waals surface area contributed by atoms with Gasteiger partial charge in [0.1, 0.15) is 5.82 Å². The minimum absolute atomic E-state index is 0.166. The number of rotatable bonds is 4. The van der Waals surface area contributed by atoms with Crippen molar-refractivity contribution in [2.75, 3.05) is 6.54 Å². The Hall–Kier alpha value is -1.67. The van der Waals surface area contributed by atoms with E-state index in [4.69, 9.17) is 0 Å². The Bertz CT molecular complexity index is 534. The highest BCUT2D eigenvalue weighted by Crippen LogP contribution is 2.27. The summed E-state index contributed by atoms with van der Waals surface area (Å²) in [7, 11) is 0. The van der Waals surface area contributed by atoms with E-state index in [1.165, 1.54) is 6.07 Å². The first kappa shape index (κ1) is 12.8. The van der Waals surface area contributed by atoms with Crippen LogP contribution in [-0.2, 0) is 6.54 Å². The Morgan fingerprint density at radius 1 is 1.06 bits per heavy atom. The maximum atomic E-state index is 13.9. The summed E-state index contributed by atoms with van der Waals surface area (Å²) in [5, 5.41) is 3.29. The van der Waals surface area contributed by atoms with Crippen LogP contribution in [0.3, 0.4) is 0 Å². The average Bonchev–Trinajstić information content (AvgIpc) is 2.38. The number of aryl methyl sites for hydroxylation is 1. The van der Waals surface area contributed by atoms with E-state index in [0.717, 1.165) is 29.8 Å². The molecule has 1 N–H and O–H groups in total. The lowest BCUT2D eigenvalue weighted by Gasteiger charge is -2.12. The molecule has 1 nitrogen and oxygen atoms in total. The molecule has 2 aromatic rings. The predicted molar refractivity (Wildman–Crippen MR) is 74.0 cm³/mol. The Kier molecular flexibility index (Phi) is 4.11. The van der Waals surface area contributed by atoms with E-state index < -0.39 is 0 Å². The normalized spacial score (nSPS) is 10.6. The van der Waals surface area contributed by atoms with Crippen LogP contribution in [-0.4, -0.2) is 6.54 Å². The van der Waals surface area contributed by atoms with Gasteiger partial charge in [0.25, 0.3) is 0 Å². The van der Waals surface area contributed by atoms with Crippen molar-refractivity contribution in [1.82, 2.24) is 5.32 Å². The van der Waals surface area contributed by atoms with Crippen molar-refractivity contribution in [3.05, 3.63) is 59.4 Å². The van der Waals surface area contributed by atoms with Crippen molar-refractivity contribution < 1.29 is 4.39 Å². The van der Waals surface area contributed by atoms with Gasteiger partial charge in [-0.2, -0.15) is 0 Å². The zero-order chi connectivity index (χ0) is 13.0. The molecule has 0 saturated carbocycles. The number of benzene rings is 2. The van der Waals surface area contributed by atoms with Crippen LogP contribution in [0.1, 0.15) is 18.1 Å². The molecule has 2 aromatic carbocycles. The second-order valence-electron chi connectivity index (χ2n) is 4.42. The Morgan fingerprint density at radius 3 is 2.56 bits per heavy atom. The highest BCUT2D eigenvalue weighted by Gasteiger charge is 2.09. The Morgan fingerprint density at radius 2 is 1.83 bits per heavy atom. The van der Waals surface area contributed by atoms with Crippen LogP contribution < -0.4 is 5.32 Å². The zero-order valence-electron chi connectivity index (χ0n) is 10.8. The highest BCUT2D eigenvalue weighted by atomic mass is 19.1. The number of hydrogen-bond donors (Lipinski definition) is 1. The lowest BCUT2D eigenvalue weighted by Crippen LogP contribution is -2.12. The first-order chi connectivity index (χ1) is 8.72. The summed E-state index contributed by atoms with van der Waals surface area (Å²) < 4.78 is 13.9. The SMILES string of the molecule is CCNCc1ccc(C)cc1-c1ccccc1F. The maximum Gasteiger partial charge on any atom is 0.131 e. The molecule has 0 aromatic heterocycles. The molecule has 2 heteroatoms. The number of hydrogen-bond acceptors (Lipinski definition) is 1. The van der Waals surface area contributed by atoms with E-state index in [-0.39, 0.29) is 5.82 Å². The van der Waals surface area contributed by atoms with Crippen molar-refractivity contribution in [3.8, 4) is 11.1 Å². The van der Waals surface area contributed by atoms with E-state index in [2.05, 4.69) is 24.4 Å². The third-order valence-electron chi connectivity index (χ3n) is 2.99. The summed E-state index contributed by atoms with van der Waals surface area (Å²) in [6, 6.07) is 13.1. The summed E-state index contributed by atoms with van der Waals surface area (Å²) in [6.07, 6.45) is 0. The van der Waals surface area contributed by atoms with E-state index >= 15 is 0 Å². The monoisotopic (exact) mass is 243 g/mol. The first-order valence-electron chi connectivity index (χ1n) is 6.27. The molecule has 0 bridgehead atoms. The average molecular weight is 243 g/mol. The van der Waals surface area contributed by atoms with Crippen molar-refractivity contribution >= 4 is 0 Å². The van der Waals surface area contributed by atoms with E-state index in [9.17, 15) is 4.39 Å². The van der Waals surface area contributed by atoms with Gasteiger partial charge in [-0.1, -0.05) is 48.9 Å². The smallest absolute Gasteiger partial charge is 0.131 e.